The van der Waals surface area contributed by atoms with Gasteiger partial charge >= 0.3 is 6.18 Å². The third kappa shape index (κ3) is 5.54. The van der Waals surface area contributed by atoms with Gasteiger partial charge in [-0.25, -0.2) is 10.4 Å². The normalized spacial score (nSPS) is 37.5. The number of aliphatic hydroxyl groups excluding tert-OH is 1. The maximum absolute atomic E-state index is 14.4. The minimum Gasteiger partial charge on any atom is -0.387 e. The standard InChI is InChI=1S/C25H40ClF3N6O3/c1-32(24(38)16-8-10-33(13-16)22(37)14-36)23(25(27,28)29)15-4-6-17(7-5-15)34-9-2-3-18-19(34)12-30-21-11-20(26)31-35(18)21/h15-21,23,30-31,36H,2-14H2,1H3/t15?,16-,17?,18?,19?,20?,21?,23+/m1/s1. The molecule has 6 atom stereocenters. The van der Waals surface area contributed by atoms with Gasteiger partial charge in [-0.1, -0.05) is 0 Å². The lowest BCUT2D eigenvalue weighted by atomic mass is 9.78. The van der Waals surface area contributed by atoms with Gasteiger partial charge in [0, 0.05) is 51.2 Å². The van der Waals surface area contributed by atoms with Crippen LogP contribution in [0.15, 0.2) is 0 Å². The first-order valence-electron chi connectivity index (χ1n) is 14.0. The zero-order chi connectivity index (χ0) is 27.2. The number of hydrogen-bond donors (Lipinski definition) is 3. The van der Waals surface area contributed by atoms with Gasteiger partial charge in [0.05, 0.1) is 17.6 Å². The molecule has 216 valence electrons. The van der Waals surface area contributed by atoms with E-state index in [0.29, 0.717) is 44.2 Å². The fourth-order valence-corrected chi connectivity index (χ4v) is 8.02. The van der Waals surface area contributed by atoms with Crippen molar-refractivity contribution in [3.63, 3.8) is 0 Å². The fraction of sp³-hybridized carbons (Fsp3) is 0.920. The topological polar surface area (TPSA) is 91.4 Å². The highest BCUT2D eigenvalue weighted by Gasteiger charge is 2.52. The van der Waals surface area contributed by atoms with E-state index in [1.54, 1.807) is 0 Å². The third-order valence-corrected chi connectivity index (χ3v) is 9.82. The molecule has 0 aromatic carbocycles. The first-order valence-corrected chi connectivity index (χ1v) is 14.4. The molecule has 0 aromatic heterocycles. The summed E-state index contributed by atoms with van der Waals surface area (Å²) in [5.74, 6) is -2.39. The SMILES string of the molecule is CN(C(=O)[C@@H]1CCN(C(=O)CO)C1)[C@@H](C1CCC(N2CCCC3C2CNC2CC(Cl)NN23)CC1)C(F)(F)F. The van der Waals surface area contributed by atoms with Crippen LogP contribution < -0.4 is 10.7 Å². The summed E-state index contributed by atoms with van der Waals surface area (Å²) in [6.45, 7) is 1.48. The molecule has 5 aliphatic rings. The van der Waals surface area contributed by atoms with Gasteiger partial charge in [-0.3, -0.25) is 19.8 Å². The number of hydrazine groups is 1. The number of halogens is 4. The number of fused-ring (bicyclic) bond motifs is 3. The van der Waals surface area contributed by atoms with Crippen LogP contribution >= 0.6 is 11.6 Å². The van der Waals surface area contributed by atoms with Gasteiger partial charge in [-0.05, 0) is 57.4 Å². The summed E-state index contributed by atoms with van der Waals surface area (Å²) in [7, 11) is 1.26. The summed E-state index contributed by atoms with van der Waals surface area (Å²) in [5.41, 5.74) is 3.30. The van der Waals surface area contributed by atoms with E-state index < -0.39 is 42.5 Å². The molecule has 38 heavy (non-hydrogen) atoms. The highest BCUT2D eigenvalue weighted by Crippen LogP contribution is 2.41. The Bertz CT molecular complexity index is 876. The highest BCUT2D eigenvalue weighted by atomic mass is 35.5. The monoisotopic (exact) mass is 564 g/mol. The summed E-state index contributed by atoms with van der Waals surface area (Å²) in [6.07, 6.45) is 1.19. The van der Waals surface area contributed by atoms with E-state index in [1.165, 1.54) is 11.9 Å². The van der Waals surface area contributed by atoms with Crippen molar-refractivity contribution in [3.8, 4) is 0 Å². The van der Waals surface area contributed by atoms with Gasteiger partial charge in [0.2, 0.25) is 11.8 Å². The number of piperidine rings is 1. The summed E-state index contributed by atoms with van der Waals surface area (Å²) in [6, 6.07) is -0.966. The number of hydrogen-bond acceptors (Lipinski definition) is 7. The van der Waals surface area contributed by atoms with E-state index in [-0.39, 0.29) is 30.8 Å². The largest absolute Gasteiger partial charge is 0.409 e. The van der Waals surface area contributed by atoms with Crippen molar-refractivity contribution in [2.75, 3.05) is 39.8 Å². The molecule has 0 aromatic rings. The second-order valence-corrected chi connectivity index (χ2v) is 12.2. The van der Waals surface area contributed by atoms with Crippen LogP contribution in [-0.4, -0.2) is 118 Å². The summed E-state index contributed by atoms with van der Waals surface area (Å²) in [4.78, 5) is 29.6. The Kier molecular flexibility index (Phi) is 8.48. The van der Waals surface area contributed by atoms with E-state index in [2.05, 4.69) is 20.7 Å². The summed E-state index contributed by atoms with van der Waals surface area (Å²) in [5, 5.41) is 14.9. The summed E-state index contributed by atoms with van der Waals surface area (Å²) >= 11 is 6.35. The fourth-order valence-electron chi connectivity index (χ4n) is 7.74. The maximum atomic E-state index is 14.4. The predicted molar refractivity (Wildman–Crippen MR) is 135 cm³/mol. The summed E-state index contributed by atoms with van der Waals surface area (Å²) < 4.78 is 43.1. The number of alkyl halides is 4. The molecule has 13 heteroatoms. The molecule has 4 heterocycles. The Morgan fingerprint density at radius 2 is 1.84 bits per heavy atom. The van der Waals surface area contributed by atoms with Crippen LogP contribution in [0.4, 0.5) is 13.2 Å². The lowest BCUT2D eigenvalue weighted by Crippen LogP contribution is -2.70. The molecule has 5 rings (SSSR count). The van der Waals surface area contributed by atoms with E-state index in [9.17, 15) is 22.8 Å². The van der Waals surface area contributed by atoms with Gasteiger partial charge < -0.3 is 14.9 Å². The number of amides is 2. The first-order chi connectivity index (χ1) is 18.1. The highest BCUT2D eigenvalue weighted by molar-refractivity contribution is 6.20. The third-order valence-electron chi connectivity index (χ3n) is 9.54. The first kappa shape index (κ1) is 28.4. The molecule has 1 saturated carbocycles. The number of carbonyl (C=O) groups is 2. The van der Waals surface area contributed by atoms with Crippen LogP contribution in [0, 0.1) is 11.8 Å². The molecule has 5 fully saturated rings. The average Bonchev–Trinajstić information content (AvgIpc) is 3.54. The average molecular weight is 565 g/mol. The molecule has 1 aliphatic carbocycles. The van der Waals surface area contributed by atoms with Gasteiger partial charge in [-0.2, -0.15) is 13.2 Å². The number of carbonyl (C=O) groups excluding carboxylic acids is 2. The molecule has 0 bridgehead atoms. The molecule has 0 spiro atoms. The molecule has 4 aliphatic heterocycles. The Morgan fingerprint density at radius 3 is 2.53 bits per heavy atom. The van der Waals surface area contributed by atoms with Gasteiger partial charge in [0.25, 0.3) is 0 Å². The van der Waals surface area contributed by atoms with Gasteiger partial charge in [0.1, 0.15) is 12.6 Å². The van der Waals surface area contributed by atoms with Crippen molar-refractivity contribution in [2.24, 2.45) is 11.8 Å². The van der Waals surface area contributed by atoms with E-state index in [1.807, 2.05) is 0 Å². The van der Waals surface area contributed by atoms with Crippen LogP contribution in [-0.2, 0) is 9.59 Å². The number of nitrogens with one attached hydrogen (secondary N) is 2. The van der Waals surface area contributed by atoms with E-state index >= 15 is 0 Å². The molecule has 2 amide bonds. The van der Waals surface area contributed by atoms with E-state index in [4.69, 9.17) is 16.7 Å². The Hall–Kier alpha value is -1.18. The minimum absolute atomic E-state index is 0.0582. The second-order valence-electron chi connectivity index (χ2n) is 11.7. The van der Waals surface area contributed by atoms with Crippen LogP contribution in [0.5, 0.6) is 0 Å². The smallest absolute Gasteiger partial charge is 0.387 e. The zero-order valence-electron chi connectivity index (χ0n) is 21.9. The lowest BCUT2D eigenvalue weighted by molar-refractivity contribution is -0.203. The number of aliphatic hydroxyl groups is 1. The zero-order valence-corrected chi connectivity index (χ0v) is 22.6. The second kappa shape index (κ2) is 11.4. The van der Waals surface area contributed by atoms with Crippen molar-refractivity contribution in [3.05, 3.63) is 0 Å². The quantitative estimate of drug-likeness (QED) is 0.343. The number of rotatable bonds is 5. The lowest BCUT2D eigenvalue weighted by Gasteiger charge is -2.53. The minimum atomic E-state index is -4.53. The van der Waals surface area contributed by atoms with Crippen LogP contribution in [0.3, 0.4) is 0 Å². The molecule has 3 N–H and O–H groups in total. The Morgan fingerprint density at radius 1 is 1.11 bits per heavy atom. The number of likely N-dealkylation sites (tertiary alicyclic amines) is 2. The van der Waals surface area contributed by atoms with Crippen molar-refractivity contribution in [1.82, 2.24) is 30.5 Å². The van der Waals surface area contributed by atoms with Crippen LogP contribution in [0.2, 0.25) is 0 Å². The van der Waals surface area contributed by atoms with E-state index in [0.717, 1.165) is 37.3 Å². The molecule has 0 radical (unpaired) electrons. The van der Waals surface area contributed by atoms with Crippen molar-refractivity contribution in [1.29, 1.82) is 0 Å². The van der Waals surface area contributed by atoms with Crippen molar-refractivity contribution >= 4 is 23.4 Å². The van der Waals surface area contributed by atoms with Gasteiger partial charge in [-0.15, -0.1) is 11.6 Å². The van der Waals surface area contributed by atoms with Crippen molar-refractivity contribution in [2.45, 2.75) is 93.4 Å². The Labute approximate surface area is 226 Å². The molecular formula is C25H40ClF3N6O3. The molecule has 9 nitrogen and oxygen atoms in total. The maximum Gasteiger partial charge on any atom is 0.409 e. The molecule has 4 unspecified atom stereocenters. The molecule has 4 saturated heterocycles. The predicted octanol–water partition coefficient (Wildman–Crippen LogP) is 1.31. The van der Waals surface area contributed by atoms with Crippen molar-refractivity contribution < 1.29 is 27.9 Å². The van der Waals surface area contributed by atoms with Gasteiger partial charge in [0.15, 0.2) is 0 Å². The number of nitrogens with zero attached hydrogens (tertiary/aromatic N) is 4. The molecular weight excluding hydrogens is 525 g/mol. The van der Waals surface area contributed by atoms with Crippen LogP contribution in [0.25, 0.3) is 0 Å². The Balaban J connectivity index is 1.21. The van der Waals surface area contributed by atoms with Crippen LogP contribution in [0.1, 0.15) is 51.4 Å².